The highest BCUT2D eigenvalue weighted by molar-refractivity contribution is 7.13. The molecule has 1 aromatic heterocycles. The van der Waals surface area contributed by atoms with Gasteiger partial charge in [-0.15, -0.1) is 11.3 Å². The van der Waals surface area contributed by atoms with Gasteiger partial charge in [0.25, 0.3) is 0 Å². The van der Waals surface area contributed by atoms with Crippen molar-refractivity contribution in [2.24, 2.45) is 5.41 Å². The van der Waals surface area contributed by atoms with Crippen LogP contribution in [-0.4, -0.2) is 36.9 Å². The summed E-state index contributed by atoms with van der Waals surface area (Å²) in [5.41, 5.74) is 2.92. The van der Waals surface area contributed by atoms with Crippen molar-refractivity contribution in [2.75, 3.05) is 20.1 Å². The Bertz CT molecular complexity index is 1020. The number of hydrogen-bond acceptors (Lipinski definition) is 3. The fraction of sp³-hybridized carbons (Fsp3) is 0.308. The first kappa shape index (κ1) is 21.3. The number of rotatable bonds is 7. The van der Waals surface area contributed by atoms with Crippen LogP contribution in [0.25, 0.3) is 10.4 Å². The summed E-state index contributed by atoms with van der Waals surface area (Å²) >= 11 is 1.72. The molecule has 0 aliphatic carbocycles. The average Bonchev–Trinajstić information content (AvgIpc) is 3.49. The van der Waals surface area contributed by atoms with Gasteiger partial charge in [-0.05, 0) is 47.4 Å². The van der Waals surface area contributed by atoms with Crippen LogP contribution in [0.2, 0.25) is 0 Å². The minimum absolute atomic E-state index is 0.0215. The first-order valence-corrected chi connectivity index (χ1v) is 11.6. The Kier molecular flexibility index (Phi) is 6.52. The lowest BCUT2D eigenvalue weighted by molar-refractivity contribution is -0.133. The van der Waals surface area contributed by atoms with E-state index in [1.54, 1.807) is 18.4 Å². The molecule has 0 unspecified atom stereocenters. The Labute approximate surface area is 187 Å². The summed E-state index contributed by atoms with van der Waals surface area (Å²) in [6.07, 6.45) is 2.53. The SMILES string of the molecule is CNC(=O)[C@@]1(Cc2ccc(-c3cccs3)cc2)CCN(C(=O)CCc2ccccc2)C1. The zero-order valence-electron chi connectivity index (χ0n) is 17.8. The van der Waals surface area contributed by atoms with Crippen molar-refractivity contribution in [3.63, 3.8) is 0 Å². The first-order chi connectivity index (χ1) is 15.1. The van der Waals surface area contributed by atoms with E-state index >= 15 is 0 Å². The maximum Gasteiger partial charge on any atom is 0.228 e. The van der Waals surface area contributed by atoms with Crippen molar-refractivity contribution in [3.05, 3.63) is 83.2 Å². The third-order valence-corrected chi connectivity index (χ3v) is 7.11. The van der Waals surface area contributed by atoms with E-state index in [9.17, 15) is 9.59 Å². The van der Waals surface area contributed by atoms with Gasteiger partial charge in [-0.2, -0.15) is 0 Å². The van der Waals surface area contributed by atoms with E-state index in [0.29, 0.717) is 32.4 Å². The normalized spacial score (nSPS) is 18.2. The van der Waals surface area contributed by atoms with E-state index in [1.807, 2.05) is 35.2 Å². The topological polar surface area (TPSA) is 49.4 Å². The van der Waals surface area contributed by atoms with E-state index in [-0.39, 0.29) is 11.8 Å². The van der Waals surface area contributed by atoms with Crippen molar-refractivity contribution in [2.45, 2.75) is 25.7 Å². The smallest absolute Gasteiger partial charge is 0.228 e. The molecule has 160 valence electrons. The lowest BCUT2D eigenvalue weighted by Gasteiger charge is -2.28. The second kappa shape index (κ2) is 9.48. The highest BCUT2D eigenvalue weighted by Gasteiger charge is 2.45. The second-order valence-electron chi connectivity index (χ2n) is 8.26. The van der Waals surface area contributed by atoms with E-state index < -0.39 is 5.41 Å². The van der Waals surface area contributed by atoms with Crippen LogP contribution in [0.3, 0.4) is 0 Å². The summed E-state index contributed by atoms with van der Waals surface area (Å²) in [5, 5.41) is 4.92. The average molecular weight is 433 g/mol. The Morgan fingerprint density at radius 3 is 2.45 bits per heavy atom. The summed E-state index contributed by atoms with van der Waals surface area (Å²) in [7, 11) is 1.68. The van der Waals surface area contributed by atoms with E-state index in [1.165, 1.54) is 16.0 Å². The molecule has 0 saturated carbocycles. The molecule has 1 atom stereocenters. The number of carbonyl (C=O) groups excluding carboxylic acids is 2. The number of carbonyl (C=O) groups is 2. The maximum atomic E-state index is 12.9. The number of nitrogens with zero attached hydrogens (tertiary/aromatic N) is 1. The summed E-state index contributed by atoms with van der Waals surface area (Å²) in [6, 6.07) is 22.7. The Morgan fingerprint density at radius 2 is 1.77 bits per heavy atom. The number of thiophene rings is 1. The van der Waals surface area contributed by atoms with Crippen LogP contribution >= 0.6 is 11.3 Å². The molecule has 4 rings (SSSR count). The molecular formula is C26H28N2O2S. The molecule has 1 aliphatic heterocycles. The van der Waals surface area contributed by atoms with Crippen LogP contribution < -0.4 is 5.32 Å². The van der Waals surface area contributed by atoms with Crippen LogP contribution in [-0.2, 0) is 22.4 Å². The van der Waals surface area contributed by atoms with Gasteiger partial charge < -0.3 is 10.2 Å². The van der Waals surface area contributed by atoms with Crippen LogP contribution in [0.4, 0.5) is 0 Å². The molecule has 0 bridgehead atoms. The molecule has 31 heavy (non-hydrogen) atoms. The Morgan fingerprint density at radius 1 is 1.00 bits per heavy atom. The van der Waals surface area contributed by atoms with Crippen molar-refractivity contribution in [1.82, 2.24) is 10.2 Å². The predicted molar refractivity (Wildman–Crippen MR) is 126 cm³/mol. The molecule has 5 heteroatoms. The molecule has 0 radical (unpaired) electrons. The number of nitrogens with one attached hydrogen (secondary N) is 1. The number of likely N-dealkylation sites (tertiary alicyclic amines) is 1. The number of amides is 2. The summed E-state index contributed by atoms with van der Waals surface area (Å²) in [6.45, 7) is 1.11. The standard InChI is InChI=1S/C26H28N2O2S/c1-27-25(30)26(18-21-9-12-22(13-10-21)23-8-5-17-31-23)15-16-28(19-26)24(29)14-11-20-6-3-2-4-7-20/h2-10,12-13,17H,11,14-16,18-19H2,1H3,(H,27,30)/t26-/m1/s1. The van der Waals surface area contributed by atoms with Gasteiger partial charge in [-0.25, -0.2) is 0 Å². The Hall–Kier alpha value is -2.92. The highest BCUT2D eigenvalue weighted by atomic mass is 32.1. The van der Waals surface area contributed by atoms with Gasteiger partial charge in [0.15, 0.2) is 0 Å². The molecule has 2 aromatic carbocycles. The fourth-order valence-corrected chi connectivity index (χ4v) is 5.17. The summed E-state index contributed by atoms with van der Waals surface area (Å²) in [5.74, 6) is 0.149. The van der Waals surface area contributed by atoms with E-state index in [2.05, 4.69) is 47.1 Å². The first-order valence-electron chi connectivity index (χ1n) is 10.8. The van der Waals surface area contributed by atoms with Crippen molar-refractivity contribution in [1.29, 1.82) is 0 Å². The van der Waals surface area contributed by atoms with Crippen LogP contribution in [0.5, 0.6) is 0 Å². The molecule has 3 aromatic rings. The number of hydrogen-bond donors (Lipinski definition) is 1. The fourth-order valence-electron chi connectivity index (χ4n) is 4.43. The molecule has 1 N–H and O–H groups in total. The van der Waals surface area contributed by atoms with Crippen LogP contribution in [0.1, 0.15) is 24.0 Å². The Balaban J connectivity index is 1.43. The molecule has 2 amide bonds. The molecule has 1 saturated heterocycles. The largest absolute Gasteiger partial charge is 0.359 e. The summed E-state index contributed by atoms with van der Waals surface area (Å²) < 4.78 is 0. The summed E-state index contributed by atoms with van der Waals surface area (Å²) in [4.78, 5) is 28.8. The third-order valence-electron chi connectivity index (χ3n) is 6.19. The second-order valence-corrected chi connectivity index (χ2v) is 9.21. The van der Waals surface area contributed by atoms with Crippen molar-refractivity contribution in [3.8, 4) is 10.4 Å². The maximum absolute atomic E-state index is 12.9. The molecule has 1 aliphatic rings. The van der Waals surface area contributed by atoms with Gasteiger partial charge in [-0.1, -0.05) is 60.7 Å². The third kappa shape index (κ3) is 4.88. The van der Waals surface area contributed by atoms with Gasteiger partial charge in [0, 0.05) is 31.4 Å². The predicted octanol–water partition coefficient (Wildman–Crippen LogP) is 4.56. The van der Waals surface area contributed by atoms with E-state index in [4.69, 9.17) is 0 Å². The van der Waals surface area contributed by atoms with Crippen LogP contribution in [0.15, 0.2) is 72.1 Å². The lowest BCUT2D eigenvalue weighted by Crippen LogP contribution is -2.44. The van der Waals surface area contributed by atoms with Gasteiger partial charge in [0.05, 0.1) is 5.41 Å². The zero-order chi connectivity index (χ0) is 21.7. The highest BCUT2D eigenvalue weighted by Crippen LogP contribution is 2.36. The minimum atomic E-state index is -0.568. The molecule has 0 spiro atoms. The molecule has 2 heterocycles. The van der Waals surface area contributed by atoms with Gasteiger partial charge >= 0.3 is 0 Å². The van der Waals surface area contributed by atoms with Crippen LogP contribution in [0, 0.1) is 5.41 Å². The van der Waals surface area contributed by atoms with E-state index in [0.717, 1.165) is 12.0 Å². The van der Waals surface area contributed by atoms with Crippen molar-refractivity contribution < 1.29 is 9.59 Å². The monoisotopic (exact) mass is 432 g/mol. The molecule has 1 fully saturated rings. The molecular weight excluding hydrogens is 404 g/mol. The lowest BCUT2D eigenvalue weighted by atomic mass is 9.79. The van der Waals surface area contributed by atoms with Gasteiger partial charge in [0.2, 0.25) is 11.8 Å². The van der Waals surface area contributed by atoms with Crippen molar-refractivity contribution >= 4 is 23.2 Å². The molecule has 4 nitrogen and oxygen atoms in total. The number of benzene rings is 2. The number of aryl methyl sites for hydroxylation is 1. The quantitative estimate of drug-likeness (QED) is 0.595. The minimum Gasteiger partial charge on any atom is -0.359 e. The zero-order valence-corrected chi connectivity index (χ0v) is 18.7. The van der Waals surface area contributed by atoms with Gasteiger partial charge in [-0.3, -0.25) is 9.59 Å². The van der Waals surface area contributed by atoms with Gasteiger partial charge in [0.1, 0.15) is 0 Å².